The summed E-state index contributed by atoms with van der Waals surface area (Å²) in [5, 5.41) is 10.1. The largest absolute Gasteiger partial charge is 0.493 e. The molecule has 124 valence electrons. The molecule has 1 aromatic rings. The first-order valence-electron chi connectivity index (χ1n) is 8.24. The van der Waals surface area contributed by atoms with Crippen molar-refractivity contribution in [3.8, 4) is 23.8 Å². The maximum atomic E-state index is 10.1. The first-order valence-corrected chi connectivity index (χ1v) is 8.24. The standard InChI is InChI=1S/C19H25NO3/c1-4-11-23-17-12-14(5-6-16(17)22-3)19-8-7-15(21)13-18(19)20(2)10-9-19/h1,5-6,12,15,18,21H,7-11,13H2,2-3H3/t15-,18-,19-/m0/s1. The van der Waals surface area contributed by atoms with Crippen molar-refractivity contribution in [1.29, 1.82) is 0 Å². The van der Waals surface area contributed by atoms with E-state index in [9.17, 15) is 5.11 Å². The van der Waals surface area contributed by atoms with Gasteiger partial charge in [0.1, 0.15) is 6.61 Å². The lowest BCUT2D eigenvalue weighted by atomic mass is 9.65. The van der Waals surface area contributed by atoms with Crippen molar-refractivity contribution in [3.05, 3.63) is 23.8 Å². The summed E-state index contributed by atoms with van der Waals surface area (Å²) in [6, 6.07) is 6.57. The van der Waals surface area contributed by atoms with Gasteiger partial charge in [0, 0.05) is 11.5 Å². The molecule has 1 aromatic carbocycles. The summed E-state index contributed by atoms with van der Waals surface area (Å²) in [5.74, 6) is 3.92. The molecule has 0 unspecified atom stereocenters. The number of aliphatic hydroxyl groups excluding tert-OH is 1. The molecule has 1 heterocycles. The Morgan fingerprint density at radius 1 is 1.39 bits per heavy atom. The minimum Gasteiger partial charge on any atom is -0.493 e. The van der Waals surface area contributed by atoms with Crippen LogP contribution in [0.3, 0.4) is 0 Å². The fourth-order valence-corrected chi connectivity index (χ4v) is 4.32. The number of aliphatic hydroxyl groups is 1. The van der Waals surface area contributed by atoms with Gasteiger partial charge in [-0.2, -0.15) is 0 Å². The molecule has 2 aliphatic rings. The molecule has 0 spiro atoms. The van der Waals surface area contributed by atoms with Crippen LogP contribution >= 0.6 is 0 Å². The predicted octanol–water partition coefficient (Wildman–Crippen LogP) is 2.19. The summed E-state index contributed by atoms with van der Waals surface area (Å²) < 4.78 is 11.1. The van der Waals surface area contributed by atoms with Crippen molar-refractivity contribution in [2.24, 2.45) is 0 Å². The number of hydrogen-bond acceptors (Lipinski definition) is 4. The van der Waals surface area contributed by atoms with Crippen LogP contribution < -0.4 is 9.47 Å². The van der Waals surface area contributed by atoms with Gasteiger partial charge in [-0.25, -0.2) is 0 Å². The van der Waals surface area contributed by atoms with Crippen LogP contribution in [-0.2, 0) is 5.41 Å². The zero-order valence-corrected chi connectivity index (χ0v) is 13.9. The Hall–Kier alpha value is -1.70. The first kappa shape index (κ1) is 16.2. The van der Waals surface area contributed by atoms with Crippen LogP contribution in [0.15, 0.2) is 18.2 Å². The smallest absolute Gasteiger partial charge is 0.162 e. The summed E-state index contributed by atoms with van der Waals surface area (Å²) in [7, 11) is 3.79. The first-order chi connectivity index (χ1) is 11.1. The van der Waals surface area contributed by atoms with E-state index in [-0.39, 0.29) is 18.1 Å². The number of benzene rings is 1. The fourth-order valence-electron chi connectivity index (χ4n) is 4.32. The Morgan fingerprint density at radius 3 is 2.96 bits per heavy atom. The highest BCUT2D eigenvalue weighted by molar-refractivity contribution is 5.46. The van der Waals surface area contributed by atoms with Gasteiger partial charge in [0.15, 0.2) is 11.5 Å². The molecule has 1 aliphatic heterocycles. The molecule has 4 nitrogen and oxygen atoms in total. The van der Waals surface area contributed by atoms with Gasteiger partial charge in [0.2, 0.25) is 0 Å². The summed E-state index contributed by atoms with van der Waals surface area (Å²) in [4.78, 5) is 2.38. The normalized spacial score (nSPS) is 30.5. The number of terminal acetylenes is 1. The third-order valence-corrected chi connectivity index (χ3v) is 5.55. The van der Waals surface area contributed by atoms with Crippen molar-refractivity contribution < 1.29 is 14.6 Å². The van der Waals surface area contributed by atoms with E-state index < -0.39 is 0 Å². The van der Waals surface area contributed by atoms with Crippen molar-refractivity contribution in [2.45, 2.75) is 43.2 Å². The van der Waals surface area contributed by atoms with E-state index in [0.717, 1.165) is 32.2 Å². The summed E-state index contributed by atoms with van der Waals surface area (Å²) in [6.45, 7) is 1.29. The van der Waals surface area contributed by atoms with Crippen molar-refractivity contribution in [3.63, 3.8) is 0 Å². The van der Waals surface area contributed by atoms with Crippen molar-refractivity contribution in [1.82, 2.24) is 4.90 Å². The number of nitrogens with zero attached hydrogens (tertiary/aromatic N) is 1. The molecule has 0 aromatic heterocycles. The molecule has 0 amide bonds. The van der Waals surface area contributed by atoms with Gasteiger partial charge in [-0.3, -0.25) is 0 Å². The lowest BCUT2D eigenvalue weighted by molar-refractivity contribution is 0.0566. The zero-order valence-electron chi connectivity index (χ0n) is 13.9. The second-order valence-electron chi connectivity index (χ2n) is 6.69. The molecule has 1 aliphatic carbocycles. The lowest BCUT2D eigenvalue weighted by Gasteiger charge is -2.43. The van der Waals surface area contributed by atoms with E-state index in [2.05, 4.69) is 30.0 Å². The van der Waals surface area contributed by atoms with Gasteiger partial charge in [0.05, 0.1) is 13.2 Å². The molecule has 1 N–H and O–H groups in total. The van der Waals surface area contributed by atoms with Crippen LogP contribution in [0.25, 0.3) is 0 Å². The van der Waals surface area contributed by atoms with E-state index in [0.29, 0.717) is 17.5 Å². The molecule has 23 heavy (non-hydrogen) atoms. The average molecular weight is 315 g/mol. The second-order valence-corrected chi connectivity index (χ2v) is 6.69. The lowest BCUT2D eigenvalue weighted by Crippen LogP contribution is -2.47. The molecule has 3 atom stereocenters. The maximum absolute atomic E-state index is 10.1. The molecule has 1 saturated carbocycles. The van der Waals surface area contributed by atoms with Crippen LogP contribution in [0.4, 0.5) is 0 Å². The van der Waals surface area contributed by atoms with Crippen LogP contribution in [0.2, 0.25) is 0 Å². The monoisotopic (exact) mass is 315 g/mol. The maximum Gasteiger partial charge on any atom is 0.162 e. The third kappa shape index (κ3) is 2.80. The summed E-state index contributed by atoms with van der Waals surface area (Å²) in [5.41, 5.74) is 1.36. The number of fused-ring (bicyclic) bond motifs is 1. The molecule has 2 fully saturated rings. The molecular weight excluding hydrogens is 290 g/mol. The molecule has 0 bridgehead atoms. The van der Waals surface area contributed by atoms with Gasteiger partial charge >= 0.3 is 0 Å². The topological polar surface area (TPSA) is 41.9 Å². The predicted molar refractivity (Wildman–Crippen MR) is 89.9 cm³/mol. The van der Waals surface area contributed by atoms with E-state index in [1.165, 1.54) is 5.56 Å². The van der Waals surface area contributed by atoms with E-state index in [4.69, 9.17) is 15.9 Å². The van der Waals surface area contributed by atoms with Gasteiger partial charge in [-0.1, -0.05) is 12.0 Å². The van der Waals surface area contributed by atoms with Crippen molar-refractivity contribution >= 4 is 0 Å². The number of likely N-dealkylation sites (N-methyl/N-ethyl adjacent to an activating group) is 1. The quantitative estimate of drug-likeness (QED) is 0.865. The highest BCUT2D eigenvalue weighted by atomic mass is 16.5. The molecule has 0 radical (unpaired) electrons. The average Bonchev–Trinajstić information content (AvgIpc) is 2.90. The van der Waals surface area contributed by atoms with Gasteiger partial charge < -0.3 is 19.5 Å². The van der Waals surface area contributed by atoms with E-state index in [1.54, 1.807) is 7.11 Å². The minimum atomic E-state index is -0.191. The Kier molecular flexibility index (Phi) is 4.52. The Balaban J connectivity index is 1.98. The second kappa shape index (κ2) is 6.43. The molecule has 4 heteroatoms. The molecule has 3 rings (SSSR count). The third-order valence-electron chi connectivity index (χ3n) is 5.55. The van der Waals surface area contributed by atoms with E-state index in [1.807, 2.05) is 6.07 Å². The van der Waals surface area contributed by atoms with Crippen LogP contribution in [0.1, 0.15) is 31.2 Å². The molecule has 1 saturated heterocycles. The number of ether oxygens (including phenoxy) is 2. The number of likely N-dealkylation sites (tertiary alicyclic amines) is 1. The summed E-state index contributed by atoms with van der Waals surface area (Å²) in [6.07, 6.45) is 8.94. The van der Waals surface area contributed by atoms with Gasteiger partial charge in [-0.15, -0.1) is 6.42 Å². The van der Waals surface area contributed by atoms with Crippen LogP contribution in [0, 0.1) is 12.3 Å². The number of methoxy groups -OCH3 is 1. The molecular formula is C19H25NO3. The Bertz CT molecular complexity index is 609. The number of hydrogen-bond donors (Lipinski definition) is 1. The Morgan fingerprint density at radius 2 is 2.22 bits per heavy atom. The van der Waals surface area contributed by atoms with Crippen molar-refractivity contribution in [2.75, 3.05) is 27.3 Å². The Labute approximate surface area is 138 Å². The fraction of sp³-hybridized carbons (Fsp3) is 0.579. The summed E-state index contributed by atoms with van der Waals surface area (Å²) >= 11 is 0. The van der Waals surface area contributed by atoms with Crippen LogP contribution in [-0.4, -0.2) is 49.5 Å². The van der Waals surface area contributed by atoms with Gasteiger partial charge in [-0.05, 0) is 57.0 Å². The van der Waals surface area contributed by atoms with Gasteiger partial charge in [0.25, 0.3) is 0 Å². The SMILES string of the molecule is C#CCOc1cc([C@@]23CC[C@H](O)C[C@@H]2N(C)CC3)ccc1OC. The number of rotatable bonds is 4. The highest BCUT2D eigenvalue weighted by Gasteiger charge is 2.50. The van der Waals surface area contributed by atoms with E-state index >= 15 is 0 Å². The minimum absolute atomic E-state index is 0.0918. The van der Waals surface area contributed by atoms with Crippen LogP contribution in [0.5, 0.6) is 11.5 Å². The highest BCUT2D eigenvalue weighted by Crippen LogP contribution is 2.49. The zero-order chi connectivity index (χ0) is 16.4.